The summed E-state index contributed by atoms with van der Waals surface area (Å²) >= 11 is 0. The zero-order valence-electron chi connectivity index (χ0n) is 11.7. The fraction of sp³-hybridized carbons (Fsp3) is 0.118. The van der Waals surface area contributed by atoms with Gasteiger partial charge in [-0.15, -0.1) is 0 Å². The Hall–Kier alpha value is -2.75. The van der Waals surface area contributed by atoms with E-state index in [2.05, 4.69) is 10.3 Å². The third kappa shape index (κ3) is 2.74. The molecule has 2 N–H and O–H groups in total. The van der Waals surface area contributed by atoms with Crippen LogP contribution in [0.2, 0.25) is 0 Å². The molecule has 0 saturated carbocycles. The van der Waals surface area contributed by atoms with Crippen LogP contribution in [0.15, 0.2) is 54.7 Å². The maximum Gasteiger partial charge on any atom is 0.253 e. The fourth-order valence-electron chi connectivity index (χ4n) is 2.25. The molecule has 0 aliphatic heterocycles. The van der Waals surface area contributed by atoms with Crippen molar-refractivity contribution in [1.82, 2.24) is 10.3 Å². The second-order valence-corrected chi connectivity index (χ2v) is 4.76. The Kier molecular flexibility index (Phi) is 3.60. The monoisotopic (exact) mass is 280 g/mol. The highest BCUT2D eigenvalue weighted by Gasteiger charge is 2.11. The van der Waals surface area contributed by atoms with Gasteiger partial charge in [0.25, 0.3) is 5.91 Å². The van der Waals surface area contributed by atoms with Crippen molar-refractivity contribution in [3.63, 3.8) is 0 Å². The zero-order valence-corrected chi connectivity index (χ0v) is 11.7. The smallest absolute Gasteiger partial charge is 0.253 e. The van der Waals surface area contributed by atoms with Gasteiger partial charge >= 0.3 is 0 Å². The minimum Gasteiger partial charge on any atom is -0.489 e. The number of fused-ring (bicyclic) bond motifs is 1. The third-order valence-corrected chi connectivity index (χ3v) is 3.37. The SMILES string of the molecule is CNC(=O)c1c[nH]c2ccc(OCc3ccccc3)cc12. The van der Waals surface area contributed by atoms with Crippen molar-refractivity contribution in [2.75, 3.05) is 7.05 Å². The minimum absolute atomic E-state index is 0.110. The quantitative estimate of drug-likeness (QED) is 0.771. The third-order valence-electron chi connectivity index (χ3n) is 3.37. The standard InChI is InChI=1S/C17H16N2O2/c1-18-17(20)15-10-19-16-8-7-13(9-14(15)16)21-11-12-5-3-2-4-6-12/h2-10,19H,11H2,1H3,(H,18,20). The Balaban J connectivity index is 1.84. The molecule has 2 aromatic carbocycles. The first-order chi connectivity index (χ1) is 10.3. The van der Waals surface area contributed by atoms with Gasteiger partial charge in [0.05, 0.1) is 5.56 Å². The van der Waals surface area contributed by atoms with Crippen molar-refractivity contribution in [1.29, 1.82) is 0 Å². The van der Waals surface area contributed by atoms with Gasteiger partial charge in [-0.05, 0) is 23.8 Å². The summed E-state index contributed by atoms with van der Waals surface area (Å²) in [4.78, 5) is 14.9. The van der Waals surface area contributed by atoms with Crippen molar-refractivity contribution >= 4 is 16.8 Å². The lowest BCUT2D eigenvalue weighted by Crippen LogP contribution is -2.17. The molecule has 1 heterocycles. The summed E-state index contributed by atoms with van der Waals surface area (Å²) in [6, 6.07) is 15.7. The van der Waals surface area contributed by atoms with Crippen LogP contribution in [0.1, 0.15) is 15.9 Å². The summed E-state index contributed by atoms with van der Waals surface area (Å²) in [7, 11) is 1.62. The number of carbonyl (C=O) groups is 1. The van der Waals surface area contributed by atoms with Gasteiger partial charge in [-0.3, -0.25) is 4.79 Å². The average Bonchev–Trinajstić information content (AvgIpc) is 2.96. The predicted molar refractivity (Wildman–Crippen MR) is 82.5 cm³/mol. The van der Waals surface area contributed by atoms with E-state index in [1.807, 2.05) is 48.5 Å². The lowest BCUT2D eigenvalue weighted by molar-refractivity contribution is 0.0965. The van der Waals surface area contributed by atoms with Crippen molar-refractivity contribution in [2.24, 2.45) is 0 Å². The van der Waals surface area contributed by atoms with Crippen LogP contribution < -0.4 is 10.1 Å². The summed E-state index contributed by atoms with van der Waals surface area (Å²) in [6.45, 7) is 0.506. The molecule has 106 valence electrons. The van der Waals surface area contributed by atoms with Gasteiger partial charge in [-0.25, -0.2) is 0 Å². The Morgan fingerprint density at radius 1 is 1.19 bits per heavy atom. The van der Waals surface area contributed by atoms with E-state index in [9.17, 15) is 4.79 Å². The number of aromatic amines is 1. The number of carbonyl (C=O) groups excluding carboxylic acids is 1. The zero-order chi connectivity index (χ0) is 14.7. The number of aromatic nitrogens is 1. The van der Waals surface area contributed by atoms with E-state index in [0.717, 1.165) is 22.2 Å². The van der Waals surface area contributed by atoms with Crippen LogP contribution in [-0.4, -0.2) is 17.9 Å². The van der Waals surface area contributed by atoms with Gasteiger partial charge in [0.1, 0.15) is 12.4 Å². The molecule has 4 nitrogen and oxygen atoms in total. The Bertz CT molecular complexity index is 763. The predicted octanol–water partition coefficient (Wildman–Crippen LogP) is 3.11. The summed E-state index contributed by atoms with van der Waals surface area (Å²) in [5.41, 5.74) is 2.65. The summed E-state index contributed by atoms with van der Waals surface area (Å²) in [5, 5.41) is 3.50. The number of ether oxygens (including phenoxy) is 1. The first-order valence-electron chi connectivity index (χ1n) is 6.78. The fourth-order valence-corrected chi connectivity index (χ4v) is 2.25. The van der Waals surface area contributed by atoms with E-state index in [0.29, 0.717) is 12.2 Å². The normalized spacial score (nSPS) is 10.5. The van der Waals surface area contributed by atoms with Gasteiger partial charge in [0.2, 0.25) is 0 Å². The summed E-state index contributed by atoms with van der Waals surface area (Å²) < 4.78 is 5.79. The van der Waals surface area contributed by atoms with Crippen LogP contribution in [-0.2, 0) is 6.61 Å². The largest absolute Gasteiger partial charge is 0.489 e. The van der Waals surface area contributed by atoms with Gasteiger partial charge in [0.15, 0.2) is 0 Å². The first kappa shape index (κ1) is 13.2. The molecule has 3 rings (SSSR count). The Morgan fingerprint density at radius 3 is 2.76 bits per heavy atom. The topological polar surface area (TPSA) is 54.1 Å². The molecule has 21 heavy (non-hydrogen) atoms. The molecule has 0 fully saturated rings. The van der Waals surface area contributed by atoms with Crippen molar-refractivity contribution in [2.45, 2.75) is 6.61 Å². The van der Waals surface area contributed by atoms with Crippen LogP contribution >= 0.6 is 0 Å². The molecular formula is C17H16N2O2. The highest BCUT2D eigenvalue weighted by Crippen LogP contribution is 2.24. The second kappa shape index (κ2) is 5.71. The molecule has 1 amide bonds. The lowest BCUT2D eigenvalue weighted by atomic mass is 10.1. The van der Waals surface area contributed by atoms with E-state index in [1.54, 1.807) is 13.2 Å². The lowest BCUT2D eigenvalue weighted by Gasteiger charge is -2.07. The van der Waals surface area contributed by atoms with Crippen LogP contribution in [0.5, 0.6) is 5.75 Å². The van der Waals surface area contributed by atoms with Crippen molar-refractivity contribution in [3.8, 4) is 5.75 Å². The van der Waals surface area contributed by atoms with E-state index in [1.165, 1.54) is 0 Å². The molecule has 0 atom stereocenters. The molecule has 0 spiro atoms. The first-order valence-corrected chi connectivity index (χ1v) is 6.78. The van der Waals surface area contributed by atoms with E-state index < -0.39 is 0 Å². The van der Waals surface area contributed by atoms with Gasteiger partial charge < -0.3 is 15.0 Å². The summed E-state index contributed by atoms with van der Waals surface area (Å²) in [6.07, 6.45) is 1.71. The van der Waals surface area contributed by atoms with Crippen molar-refractivity contribution in [3.05, 3.63) is 65.9 Å². The average molecular weight is 280 g/mol. The Morgan fingerprint density at radius 2 is 2.00 bits per heavy atom. The molecule has 0 unspecified atom stereocenters. The highest BCUT2D eigenvalue weighted by atomic mass is 16.5. The molecule has 0 aliphatic rings. The number of rotatable bonds is 4. The number of benzene rings is 2. The van der Waals surface area contributed by atoms with Crippen LogP contribution in [0.4, 0.5) is 0 Å². The molecule has 3 aromatic rings. The molecular weight excluding hydrogens is 264 g/mol. The molecule has 0 aliphatic carbocycles. The second-order valence-electron chi connectivity index (χ2n) is 4.76. The molecule has 1 aromatic heterocycles. The number of nitrogens with one attached hydrogen (secondary N) is 2. The van der Waals surface area contributed by atoms with Crippen molar-refractivity contribution < 1.29 is 9.53 Å². The van der Waals surface area contributed by atoms with Crippen LogP contribution in [0.25, 0.3) is 10.9 Å². The van der Waals surface area contributed by atoms with Crippen LogP contribution in [0.3, 0.4) is 0 Å². The molecule has 0 bridgehead atoms. The number of hydrogen-bond donors (Lipinski definition) is 2. The number of H-pyrrole nitrogens is 1. The van der Waals surface area contributed by atoms with E-state index in [-0.39, 0.29) is 5.91 Å². The van der Waals surface area contributed by atoms with Crippen LogP contribution in [0, 0.1) is 0 Å². The van der Waals surface area contributed by atoms with E-state index in [4.69, 9.17) is 4.74 Å². The summed E-state index contributed by atoms with van der Waals surface area (Å²) in [5.74, 6) is 0.637. The Labute approximate surface area is 122 Å². The molecule has 0 saturated heterocycles. The van der Waals surface area contributed by atoms with Gasteiger partial charge in [0, 0.05) is 24.1 Å². The molecule has 0 radical (unpaired) electrons. The molecule has 4 heteroatoms. The number of hydrogen-bond acceptors (Lipinski definition) is 2. The maximum absolute atomic E-state index is 11.8. The van der Waals surface area contributed by atoms with Gasteiger partial charge in [-0.2, -0.15) is 0 Å². The van der Waals surface area contributed by atoms with E-state index >= 15 is 0 Å². The number of amides is 1. The minimum atomic E-state index is -0.110. The van der Waals surface area contributed by atoms with Gasteiger partial charge in [-0.1, -0.05) is 30.3 Å². The maximum atomic E-state index is 11.8. The highest BCUT2D eigenvalue weighted by molar-refractivity contribution is 6.06.